The molecule has 0 unspecified atom stereocenters. The average molecular weight is 494 g/mol. The van der Waals surface area contributed by atoms with Crippen molar-refractivity contribution in [2.75, 3.05) is 6.54 Å². The van der Waals surface area contributed by atoms with Crippen LogP contribution >= 0.6 is 12.2 Å². The first kappa shape index (κ1) is 22.8. The van der Waals surface area contributed by atoms with Crippen LogP contribution in [0, 0.1) is 0 Å². The number of carbonyl (C=O) groups excluding carboxylic acids is 2. The molecule has 10 heteroatoms. The highest BCUT2D eigenvalue weighted by Gasteiger charge is 2.39. The van der Waals surface area contributed by atoms with E-state index in [9.17, 15) is 22.8 Å². The van der Waals surface area contributed by atoms with E-state index in [1.54, 1.807) is 29.0 Å². The number of nitrogens with one attached hydrogen (secondary N) is 2. The molecule has 35 heavy (non-hydrogen) atoms. The minimum atomic E-state index is -4.66. The molecule has 0 radical (unpaired) electrons. The second-order valence-corrected chi connectivity index (χ2v) is 8.22. The molecule has 0 spiro atoms. The summed E-state index contributed by atoms with van der Waals surface area (Å²) in [5.74, 6) is -1.40. The van der Waals surface area contributed by atoms with Gasteiger partial charge in [0.2, 0.25) is 0 Å². The number of isothiocyanates is 1. The topological polar surface area (TPSA) is 79.2 Å². The maximum Gasteiger partial charge on any atom is 0.417 e. The van der Waals surface area contributed by atoms with Crippen LogP contribution in [-0.2, 0) is 22.3 Å². The van der Waals surface area contributed by atoms with Crippen molar-refractivity contribution in [2.45, 2.75) is 19.1 Å². The number of aryl methyl sites for hydroxylation is 1. The predicted molar refractivity (Wildman–Crippen MR) is 130 cm³/mol. The molecule has 6 nitrogen and oxygen atoms in total. The van der Waals surface area contributed by atoms with E-state index in [0.717, 1.165) is 11.6 Å². The number of fused-ring (bicyclic) bond motifs is 2. The van der Waals surface area contributed by atoms with E-state index in [0.29, 0.717) is 36.0 Å². The summed E-state index contributed by atoms with van der Waals surface area (Å²) in [5.41, 5.74) is 0.608. The lowest BCUT2D eigenvalue weighted by atomic mass is 9.94. The number of imide groups is 1. The number of para-hydroxylation sites is 1. The first-order valence-electron chi connectivity index (χ1n) is 10.7. The summed E-state index contributed by atoms with van der Waals surface area (Å²) in [7, 11) is 0. The highest BCUT2D eigenvalue weighted by molar-refractivity contribution is 7.78. The van der Waals surface area contributed by atoms with Gasteiger partial charge in [-0.3, -0.25) is 14.9 Å². The van der Waals surface area contributed by atoms with E-state index in [4.69, 9.17) is 0 Å². The molecule has 2 aromatic carbocycles. The first-order valence-corrected chi connectivity index (χ1v) is 11.1. The number of nitrogens with zero attached hydrogens (tertiary/aromatic N) is 2. The number of halogens is 3. The van der Waals surface area contributed by atoms with Gasteiger partial charge in [0.15, 0.2) is 0 Å². The Kier molecular flexibility index (Phi) is 5.62. The number of rotatable bonds is 6. The fourth-order valence-electron chi connectivity index (χ4n) is 4.58. The Bertz CT molecular complexity index is 1590. The van der Waals surface area contributed by atoms with Gasteiger partial charge < -0.3 is 9.55 Å². The van der Waals surface area contributed by atoms with Crippen LogP contribution in [0.2, 0.25) is 0 Å². The van der Waals surface area contributed by atoms with Gasteiger partial charge in [0.05, 0.1) is 28.4 Å². The summed E-state index contributed by atoms with van der Waals surface area (Å²) in [6, 6.07) is 11.1. The van der Waals surface area contributed by atoms with Crippen molar-refractivity contribution in [1.29, 1.82) is 0 Å². The minimum Gasteiger partial charge on any atom is -0.361 e. The number of H-pyrrole nitrogens is 1. The molecule has 0 saturated heterocycles. The second-order valence-electron chi connectivity index (χ2n) is 8.04. The zero-order chi connectivity index (χ0) is 24.7. The zero-order valence-electron chi connectivity index (χ0n) is 18.1. The smallest absolute Gasteiger partial charge is 0.361 e. The van der Waals surface area contributed by atoms with Crippen LogP contribution in [0.5, 0.6) is 0 Å². The van der Waals surface area contributed by atoms with Crippen molar-refractivity contribution >= 4 is 62.1 Å². The molecular weight excluding hydrogens is 477 g/mol. The van der Waals surface area contributed by atoms with E-state index in [-0.39, 0.29) is 22.1 Å². The molecule has 0 bridgehead atoms. The molecule has 2 N–H and O–H groups in total. The van der Waals surface area contributed by atoms with Gasteiger partial charge in [-0.1, -0.05) is 24.3 Å². The molecule has 1 aliphatic heterocycles. The zero-order valence-corrected chi connectivity index (χ0v) is 18.9. The number of hydrogen-bond donors (Lipinski definition) is 2. The summed E-state index contributed by atoms with van der Waals surface area (Å²) in [6.07, 6.45) is -1.07. The number of carbonyl (C=O) groups is 2. The molecule has 2 aromatic heterocycles. The fraction of sp³-hybridized carbons (Fsp3) is 0.160. The second kappa shape index (κ2) is 8.65. The Labute approximate surface area is 202 Å². The Morgan fingerprint density at radius 3 is 2.49 bits per heavy atom. The normalized spacial score (nSPS) is 14.1. The third-order valence-corrected chi connectivity index (χ3v) is 6.13. The maximum atomic E-state index is 14.1. The molecule has 0 fully saturated rings. The third-order valence-electron chi connectivity index (χ3n) is 6.00. The summed E-state index contributed by atoms with van der Waals surface area (Å²) in [5, 5.41) is 5.09. The van der Waals surface area contributed by atoms with Crippen molar-refractivity contribution in [1.82, 2.24) is 14.9 Å². The minimum absolute atomic E-state index is 0.0359. The van der Waals surface area contributed by atoms with E-state index in [1.165, 1.54) is 12.3 Å². The molecule has 1 aliphatic rings. The first-order chi connectivity index (χ1) is 16.8. The molecule has 2 amide bonds. The van der Waals surface area contributed by atoms with Crippen molar-refractivity contribution in [2.24, 2.45) is 4.99 Å². The number of benzene rings is 2. The van der Waals surface area contributed by atoms with Gasteiger partial charge in [0.25, 0.3) is 11.8 Å². The molecule has 3 heterocycles. The SMILES string of the molecule is O=C1NC(=O)C(c2cn(CCCN=C=S)c3cccc(C(F)(F)F)c23)=C1c1c[nH]c2ccccc12. The molecule has 0 aliphatic carbocycles. The number of aromatic nitrogens is 2. The molecule has 0 atom stereocenters. The largest absolute Gasteiger partial charge is 0.417 e. The Morgan fingerprint density at radius 2 is 1.74 bits per heavy atom. The van der Waals surface area contributed by atoms with Gasteiger partial charge in [-0.2, -0.15) is 13.2 Å². The van der Waals surface area contributed by atoms with Crippen molar-refractivity contribution in [3.8, 4) is 0 Å². The van der Waals surface area contributed by atoms with Crippen LogP contribution in [0.25, 0.3) is 33.0 Å². The monoisotopic (exact) mass is 494 g/mol. The van der Waals surface area contributed by atoms with Gasteiger partial charge in [0.1, 0.15) is 0 Å². The number of amides is 2. The summed E-state index contributed by atoms with van der Waals surface area (Å²) in [6.45, 7) is 0.698. The van der Waals surface area contributed by atoms with Crippen LogP contribution in [-0.4, -0.2) is 33.1 Å². The molecule has 4 aromatic rings. The van der Waals surface area contributed by atoms with E-state index in [1.807, 2.05) is 12.1 Å². The van der Waals surface area contributed by atoms with Crippen LogP contribution in [0.3, 0.4) is 0 Å². The number of hydrogen-bond acceptors (Lipinski definition) is 4. The van der Waals surface area contributed by atoms with Crippen LogP contribution in [0.4, 0.5) is 13.2 Å². The highest BCUT2D eigenvalue weighted by Crippen LogP contribution is 2.43. The van der Waals surface area contributed by atoms with Crippen molar-refractivity contribution in [3.63, 3.8) is 0 Å². The van der Waals surface area contributed by atoms with Crippen molar-refractivity contribution in [3.05, 3.63) is 71.5 Å². The predicted octanol–water partition coefficient (Wildman–Crippen LogP) is 5.20. The lowest BCUT2D eigenvalue weighted by molar-refractivity contribution is -0.136. The van der Waals surface area contributed by atoms with Gasteiger partial charge in [-0.15, -0.1) is 0 Å². The van der Waals surface area contributed by atoms with Gasteiger partial charge in [-0.05, 0) is 36.8 Å². The lowest BCUT2D eigenvalue weighted by Crippen LogP contribution is -2.22. The van der Waals surface area contributed by atoms with Gasteiger partial charge >= 0.3 is 6.18 Å². The van der Waals surface area contributed by atoms with E-state index >= 15 is 0 Å². The number of thiocarbonyl (C=S) groups is 1. The number of alkyl halides is 3. The summed E-state index contributed by atoms with van der Waals surface area (Å²) in [4.78, 5) is 32.8. The van der Waals surface area contributed by atoms with Crippen LogP contribution < -0.4 is 5.32 Å². The Morgan fingerprint density at radius 1 is 1.00 bits per heavy atom. The number of aliphatic imine (C=N–C) groups is 1. The maximum absolute atomic E-state index is 14.1. The van der Waals surface area contributed by atoms with E-state index < -0.39 is 23.6 Å². The molecular formula is C25H17F3N4O2S. The quantitative estimate of drug-likeness (QED) is 0.167. The highest BCUT2D eigenvalue weighted by atomic mass is 32.1. The van der Waals surface area contributed by atoms with Crippen molar-refractivity contribution < 1.29 is 22.8 Å². The standard InChI is InChI=1S/C25H17F3N4O2S/c26-25(27,28)17-6-3-8-19-20(17)16(12-32(19)10-4-9-29-13-35)22-21(23(33)31-24(22)34)15-11-30-18-7-2-1-5-14(15)18/h1-3,5-8,11-12,30H,4,9-10H2,(H,31,33,34). The fourth-order valence-corrected chi connectivity index (χ4v) is 4.67. The summed E-state index contributed by atoms with van der Waals surface area (Å²) < 4.78 is 43.8. The number of aromatic amines is 1. The lowest BCUT2D eigenvalue weighted by Gasteiger charge is -2.11. The third kappa shape index (κ3) is 3.86. The Hall–Kier alpha value is -4.01. The summed E-state index contributed by atoms with van der Waals surface area (Å²) >= 11 is 4.57. The van der Waals surface area contributed by atoms with Gasteiger partial charge in [-0.25, -0.2) is 4.99 Å². The van der Waals surface area contributed by atoms with Crippen LogP contribution in [0.1, 0.15) is 23.1 Å². The molecule has 0 saturated carbocycles. The van der Waals surface area contributed by atoms with Crippen LogP contribution in [0.15, 0.2) is 59.9 Å². The van der Waals surface area contributed by atoms with Gasteiger partial charge in [0, 0.05) is 51.9 Å². The average Bonchev–Trinajstić information content (AvgIpc) is 3.48. The molecule has 176 valence electrons. The molecule has 5 rings (SSSR count). The van der Waals surface area contributed by atoms with E-state index in [2.05, 4.69) is 32.7 Å². The Balaban J connectivity index is 1.80.